The van der Waals surface area contributed by atoms with Crippen LogP contribution >= 0.6 is 0 Å². The molecule has 3 rings (SSSR count). The maximum atomic E-state index is 5.46. The number of fused-ring (bicyclic) bond motifs is 1. The monoisotopic (exact) mass is 177 g/mol. The fourth-order valence-electron chi connectivity index (χ4n) is 2.83. The van der Waals surface area contributed by atoms with E-state index in [1.54, 1.807) is 6.26 Å². The summed E-state index contributed by atoms with van der Waals surface area (Å²) in [5.74, 6) is 3.72. The van der Waals surface area contributed by atoms with Crippen LogP contribution < -0.4 is 5.32 Å². The summed E-state index contributed by atoms with van der Waals surface area (Å²) < 4.78 is 5.46. The van der Waals surface area contributed by atoms with E-state index < -0.39 is 0 Å². The molecule has 3 atom stereocenters. The lowest BCUT2D eigenvalue weighted by Crippen LogP contribution is -2.47. The predicted molar refractivity (Wildman–Crippen MR) is 50.5 cm³/mol. The van der Waals surface area contributed by atoms with Crippen molar-refractivity contribution >= 4 is 0 Å². The van der Waals surface area contributed by atoms with Gasteiger partial charge in [0.1, 0.15) is 5.76 Å². The SMILES string of the molecule is c1coc([C@H]2C[C@@H]3CCNC[C@@H]32)c1. The molecule has 70 valence electrons. The van der Waals surface area contributed by atoms with Crippen LogP contribution in [0.2, 0.25) is 0 Å². The Morgan fingerprint density at radius 2 is 2.46 bits per heavy atom. The van der Waals surface area contributed by atoms with E-state index in [4.69, 9.17) is 4.42 Å². The summed E-state index contributed by atoms with van der Waals surface area (Å²) in [6.07, 6.45) is 4.50. The van der Waals surface area contributed by atoms with Crippen LogP contribution in [0.3, 0.4) is 0 Å². The number of piperidine rings is 1. The van der Waals surface area contributed by atoms with Crippen molar-refractivity contribution in [2.24, 2.45) is 11.8 Å². The average molecular weight is 177 g/mol. The van der Waals surface area contributed by atoms with Crippen molar-refractivity contribution in [3.63, 3.8) is 0 Å². The van der Waals surface area contributed by atoms with Crippen LogP contribution in [-0.2, 0) is 0 Å². The first-order valence-electron chi connectivity index (χ1n) is 5.19. The zero-order valence-electron chi connectivity index (χ0n) is 7.70. The molecule has 13 heavy (non-hydrogen) atoms. The molecule has 1 aliphatic heterocycles. The molecule has 0 spiro atoms. The smallest absolute Gasteiger partial charge is 0.107 e. The highest BCUT2D eigenvalue weighted by atomic mass is 16.3. The minimum atomic E-state index is 0.702. The second-order valence-corrected chi connectivity index (χ2v) is 4.27. The molecule has 2 heteroatoms. The Morgan fingerprint density at radius 1 is 1.46 bits per heavy atom. The minimum Gasteiger partial charge on any atom is -0.469 e. The molecule has 2 heterocycles. The molecule has 2 aliphatic rings. The summed E-state index contributed by atoms with van der Waals surface area (Å²) >= 11 is 0. The normalized spacial score (nSPS) is 38.0. The molecule has 1 aliphatic carbocycles. The van der Waals surface area contributed by atoms with Crippen molar-refractivity contribution < 1.29 is 4.42 Å². The summed E-state index contributed by atoms with van der Waals surface area (Å²) in [6.45, 7) is 2.40. The first-order chi connectivity index (χ1) is 6.45. The van der Waals surface area contributed by atoms with Gasteiger partial charge in [0.15, 0.2) is 0 Å². The molecule has 0 bridgehead atoms. The van der Waals surface area contributed by atoms with Gasteiger partial charge in [-0.1, -0.05) is 0 Å². The van der Waals surface area contributed by atoms with E-state index in [9.17, 15) is 0 Å². The number of rotatable bonds is 1. The Morgan fingerprint density at radius 3 is 3.23 bits per heavy atom. The van der Waals surface area contributed by atoms with Gasteiger partial charge in [-0.25, -0.2) is 0 Å². The molecule has 1 aromatic rings. The van der Waals surface area contributed by atoms with Crippen molar-refractivity contribution in [3.05, 3.63) is 24.2 Å². The Bertz CT molecular complexity index is 280. The van der Waals surface area contributed by atoms with Crippen LogP contribution in [0, 0.1) is 11.8 Å². The highest BCUT2D eigenvalue weighted by molar-refractivity contribution is 5.14. The van der Waals surface area contributed by atoms with Gasteiger partial charge in [-0.3, -0.25) is 0 Å². The molecular formula is C11H15NO. The summed E-state index contributed by atoms with van der Waals surface area (Å²) in [5.41, 5.74) is 0. The third kappa shape index (κ3) is 1.12. The maximum Gasteiger partial charge on any atom is 0.107 e. The number of hydrogen-bond donors (Lipinski definition) is 1. The highest BCUT2D eigenvalue weighted by Crippen LogP contribution is 2.49. The van der Waals surface area contributed by atoms with Gasteiger partial charge in [-0.15, -0.1) is 0 Å². The Labute approximate surface area is 78.3 Å². The first-order valence-corrected chi connectivity index (χ1v) is 5.19. The van der Waals surface area contributed by atoms with Gasteiger partial charge in [-0.05, 0) is 49.9 Å². The van der Waals surface area contributed by atoms with E-state index >= 15 is 0 Å². The zero-order valence-corrected chi connectivity index (χ0v) is 7.70. The number of hydrogen-bond acceptors (Lipinski definition) is 2. The Hall–Kier alpha value is -0.760. The molecule has 1 aromatic heterocycles. The van der Waals surface area contributed by atoms with Crippen LogP contribution in [-0.4, -0.2) is 13.1 Å². The molecule has 0 amide bonds. The van der Waals surface area contributed by atoms with Gasteiger partial charge < -0.3 is 9.73 Å². The molecule has 0 unspecified atom stereocenters. The standard InChI is InChI=1S/C11H15NO/c1-2-11(13-5-1)9-6-8-3-4-12-7-10(8)9/h1-2,5,8-10,12H,3-4,6-7H2/t8-,9-,10-/m0/s1. The molecule has 2 nitrogen and oxygen atoms in total. The lowest BCUT2D eigenvalue weighted by molar-refractivity contribution is 0.0799. The van der Waals surface area contributed by atoms with E-state index in [2.05, 4.69) is 11.4 Å². The van der Waals surface area contributed by atoms with Gasteiger partial charge in [0.25, 0.3) is 0 Å². The largest absolute Gasteiger partial charge is 0.469 e. The van der Waals surface area contributed by atoms with Gasteiger partial charge in [-0.2, -0.15) is 0 Å². The fraction of sp³-hybridized carbons (Fsp3) is 0.636. The second-order valence-electron chi connectivity index (χ2n) is 4.27. The molecule has 0 radical (unpaired) electrons. The van der Waals surface area contributed by atoms with Gasteiger partial charge in [0.05, 0.1) is 6.26 Å². The fourth-order valence-corrected chi connectivity index (χ4v) is 2.83. The van der Waals surface area contributed by atoms with Crippen molar-refractivity contribution in [2.75, 3.05) is 13.1 Å². The molecular weight excluding hydrogens is 162 g/mol. The Balaban J connectivity index is 1.75. The first kappa shape index (κ1) is 7.63. The quantitative estimate of drug-likeness (QED) is 0.709. The molecule has 2 fully saturated rings. The van der Waals surface area contributed by atoms with E-state index in [0.717, 1.165) is 11.8 Å². The van der Waals surface area contributed by atoms with Gasteiger partial charge in [0.2, 0.25) is 0 Å². The summed E-state index contributed by atoms with van der Waals surface area (Å²) in [5, 5.41) is 3.47. The second kappa shape index (κ2) is 2.88. The number of furan rings is 1. The predicted octanol–water partition coefficient (Wildman–Crippen LogP) is 1.99. The third-order valence-corrected chi connectivity index (χ3v) is 3.66. The summed E-state index contributed by atoms with van der Waals surface area (Å²) in [6, 6.07) is 4.12. The van der Waals surface area contributed by atoms with E-state index in [-0.39, 0.29) is 0 Å². The highest BCUT2D eigenvalue weighted by Gasteiger charge is 2.43. The van der Waals surface area contributed by atoms with Crippen LogP contribution in [0.25, 0.3) is 0 Å². The van der Waals surface area contributed by atoms with Crippen LogP contribution in [0.5, 0.6) is 0 Å². The van der Waals surface area contributed by atoms with Crippen LogP contribution in [0.4, 0.5) is 0 Å². The molecule has 1 N–H and O–H groups in total. The third-order valence-electron chi connectivity index (χ3n) is 3.66. The topological polar surface area (TPSA) is 25.2 Å². The minimum absolute atomic E-state index is 0.702. The molecule has 1 saturated heterocycles. The van der Waals surface area contributed by atoms with Crippen LogP contribution in [0.15, 0.2) is 22.8 Å². The van der Waals surface area contributed by atoms with E-state index in [0.29, 0.717) is 5.92 Å². The van der Waals surface area contributed by atoms with E-state index in [1.165, 1.54) is 31.7 Å². The van der Waals surface area contributed by atoms with Crippen molar-refractivity contribution in [3.8, 4) is 0 Å². The van der Waals surface area contributed by atoms with Crippen molar-refractivity contribution in [1.29, 1.82) is 0 Å². The number of nitrogens with one attached hydrogen (secondary N) is 1. The maximum absolute atomic E-state index is 5.46. The summed E-state index contributed by atoms with van der Waals surface area (Å²) in [7, 11) is 0. The lowest BCUT2D eigenvalue weighted by atomic mass is 9.61. The van der Waals surface area contributed by atoms with Crippen LogP contribution in [0.1, 0.15) is 24.5 Å². The van der Waals surface area contributed by atoms with Crippen molar-refractivity contribution in [1.82, 2.24) is 5.32 Å². The van der Waals surface area contributed by atoms with Gasteiger partial charge in [0, 0.05) is 5.92 Å². The average Bonchev–Trinajstić information content (AvgIpc) is 2.60. The van der Waals surface area contributed by atoms with E-state index in [1.807, 2.05) is 6.07 Å². The molecule has 1 saturated carbocycles. The van der Waals surface area contributed by atoms with Crippen molar-refractivity contribution in [2.45, 2.75) is 18.8 Å². The molecule has 0 aromatic carbocycles. The Kier molecular flexibility index (Phi) is 1.69. The zero-order chi connectivity index (χ0) is 8.67. The summed E-state index contributed by atoms with van der Waals surface area (Å²) in [4.78, 5) is 0. The lowest BCUT2D eigenvalue weighted by Gasteiger charge is -2.47. The van der Waals surface area contributed by atoms with Gasteiger partial charge >= 0.3 is 0 Å².